The van der Waals surface area contributed by atoms with Crippen molar-refractivity contribution in [2.75, 3.05) is 0 Å². The first kappa shape index (κ1) is 16.4. The number of ketones is 1. The van der Waals surface area contributed by atoms with Crippen molar-refractivity contribution in [3.63, 3.8) is 0 Å². The number of carbonyl (C=O) groups is 1. The van der Waals surface area contributed by atoms with Gasteiger partial charge in [0.1, 0.15) is 0 Å². The number of carbonyl (C=O) groups excluding carboxylic acids is 1. The molecule has 0 saturated carbocycles. The summed E-state index contributed by atoms with van der Waals surface area (Å²) in [5.41, 5.74) is 10.5. The van der Waals surface area contributed by atoms with Gasteiger partial charge in [0.25, 0.3) is 0 Å². The van der Waals surface area contributed by atoms with Gasteiger partial charge in [-0.05, 0) is 30.0 Å². The normalized spacial score (nSPS) is 12.1. The predicted molar refractivity (Wildman–Crippen MR) is 93.0 cm³/mol. The number of rotatable bonds is 7. The smallest absolute Gasteiger partial charge is 0.159 e. The Morgan fingerprint density at radius 2 is 1.50 bits per heavy atom. The average molecular weight is 295 g/mol. The molecule has 1 atom stereocenters. The lowest BCUT2D eigenvalue weighted by atomic mass is 9.97. The van der Waals surface area contributed by atoms with Gasteiger partial charge in [0.15, 0.2) is 5.78 Å². The van der Waals surface area contributed by atoms with Crippen LogP contribution >= 0.6 is 0 Å². The van der Waals surface area contributed by atoms with Crippen LogP contribution in [0.5, 0.6) is 0 Å². The number of unbranched alkanes of at least 4 members (excludes halogenated alkanes) is 2. The molecule has 0 aliphatic rings. The highest BCUT2D eigenvalue weighted by molar-refractivity contribution is 5.94. The summed E-state index contributed by atoms with van der Waals surface area (Å²) in [6.45, 7) is 3.79. The van der Waals surface area contributed by atoms with E-state index in [0.717, 1.165) is 23.1 Å². The van der Waals surface area contributed by atoms with Crippen LogP contribution in [0.15, 0.2) is 48.5 Å². The van der Waals surface area contributed by atoms with Crippen LogP contribution < -0.4 is 5.73 Å². The Hall–Kier alpha value is -1.93. The third kappa shape index (κ3) is 4.28. The molecular formula is C20H25NO. The Bertz CT molecular complexity index is 599. The Kier molecular flexibility index (Phi) is 5.91. The fourth-order valence-electron chi connectivity index (χ4n) is 2.60. The summed E-state index contributed by atoms with van der Waals surface area (Å²) in [5.74, 6) is 0.0972. The second kappa shape index (κ2) is 7.90. The van der Waals surface area contributed by atoms with Crippen molar-refractivity contribution >= 4 is 5.78 Å². The van der Waals surface area contributed by atoms with Crippen molar-refractivity contribution in [3.8, 4) is 11.1 Å². The van der Waals surface area contributed by atoms with Crippen molar-refractivity contribution in [1.29, 1.82) is 0 Å². The van der Waals surface area contributed by atoms with Crippen LogP contribution in [0.1, 0.15) is 61.5 Å². The zero-order chi connectivity index (χ0) is 15.9. The first-order valence-electron chi connectivity index (χ1n) is 8.08. The molecule has 0 saturated heterocycles. The van der Waals surface area contributed by atoms with Gasteiger partial charge in [-0.3, -0.25) is 4.79 Å². The first-order valence-corrected chi connectivity index (χ1v) is 8.08. The summed E-state index contributed by atoms with van der Waals surface area (Å²) in [4.78, 5) is 11.3. The van der Waals surface area contributed by atoms with E-state index in [-0.39, 0.29) is 11.8 Å². The fraction of sp³-hybridized carbons (Fsp3) is 0.350. The van der Waals surface area contributed by atoms with Crippen molar-refractivity contribution in [1.82, 2.24) is 0 Å². The average Bonchev–Trinajstić information content (AvgIpc) is 2.55. The summed E-state index contributed by atoms with van der Waals surface area (Å²) in [5, 5.41) is 0. The highest BCUT2D eigenvalue weighted by atomic mass is 16.1. The third-order valence-corrected chi connectivity index (χ3v) is 4.08. The molecule has 0 fully saturated rings. The van der Waals surface area contributed by atoms with Crippen molar-refractivity contribution in [2.45, 2.75) is 45.6 Å². The largest absolute Gasteiger partial charge is 0.324 e. The lowest BCUT2D eigenvalue weighted by Crippen LogP contribution is -2.09. The quantitative estimate of drug-likeness (QED) is 0.568. The highest BCUT2D eigenvalue weighted by Gasteiger charge is 2.06. The molecule has 0 aliphatic carbocycles. The van der Waals surface area contributed by atoms with E-state index in [2.05, 4.69) is 31.2 Å². The minimum Gasteiger partial charge on any atom is -0.324 e. The molecule has 2 N–H and O–H groups in total. The fourth-order valence-corrected chi connectivity index (χ4v) is 2.60. The SMILES string of the molecule is CCCCCC(N)c1ccc(-c2ccc(C(C)=O)cc2)cc1. The minimum absolute atomic E-state index is 0.0972. The molecule has 0 spiro atoms. The van der Waals surface area contributed by atoms with Gasteiger partial charge in [-0.1, -0.05) is 74.7 Å². The summed E-state index contributed by atoms with van der Waals surface area (Å²) in [6.07, 6.45) is 4.70. The van der Waals surface area contributed by atoms with Crippen LogP contribution in [0.3, 0.4) is 0 Å². The first-order chi connectivity index (χ1) is 10.6. The Morgan fingerprint density at radius 1 is 0.955 bits per heavy atom. The molecule has 2 aromatic rings. The van der Waals surface area contributed by atoms with Crippen molar-refractivity contribution in [2.24, 2.45) is 5.73 Å². The van der Waals surface area contributed by atoms with E-state index in [4.69, 9.17) is 5.73 Å². The monoisotopic (exact) mass is 295 g/mol. The molecule has 0 radical (unpaired) electrons. The molecule has 2 heteroatoms. The Labute approximate surface area is 133 Å². The molecule has 2 rings (SSSR count). The molecule has 0 heterocycles. The lowest BCUT2D eigenvalue weighted by molar-refractivity contribution is 0.101. The standard InChI is InChI=1S/C20H25NO/c1-3-4-5-6-20(21)19-13-11-18(12-14-19)17-9-7-16(8-10-17)15(2)22/h7-14,20H,3-6,21H2,1-2H3. The molecule has 2 aromatic carbocycles. The van der Waals surface area contributed by atoms with E-state index >= 15 is 0 Å². The molecule has 116 valence electrons. The van der Waals surface area contributed by atoms with E-state index < -0.39 is 0 Å². The number of benzene rings is 2. The van der Waals surface area contributed by atoms with Gasteiger partial charge in [-0.25, -0.2) is 0 Å². The molecule has 0 aromatic heterocycles. The highest BCUT2D eigenvalue weighted by Crippen LogP contribution is 2.24. The van der Waals surface area contributed by atoms with Crippen molar-refractivity contribution in [3.05, 3.63) is 59.7 Å². The molecule has 22 heavy (non-hydrogen) atoms. The van der Waals surface area contributed by atoms with E-state index in [0.29, 0.717) is 0 Å². The zero-order valence-electron chi connectivity index (χ0n) is 13.5. The van der Waals surface area contributed by atoms with Gasteiger partial charge in [0.2, 0.25) is 0 Å². The van der Waals surface area contributed by atoms with Gasteiger partial charge in [-0.15, -0.1) is 0 Å². The van der Waals surface area contributed by atoms with Crippen LogP contribution in [0.4, 0.5) is 0 Å². The van der Waals surface area contributed by atoms with Gasteiger partial charge in [0.05, 0.1) is 0 Å². The van der Waals surface area contributed by atoms with E-state index in [9.17, 15) is 4.79 Å². The zero-order valence-corrected chi connectivity index (χ0v) is 13.5. The van der Waals surface area contributed by atoms with E-state index in [1.165, 1.54) is 24.8 Å². The summed E-state index contributed by atoms with van der Waals surface area (Å²) < 4.78 is 0. The van der Waals surface area contributed by atoms with Gasteiger partial charge in [-0.2, -0.15) is 0 Å². The Balaban J connectivity index is 2.06. The van der Waals surface area contributed by atoms with Crippen molar-refractivity contribution < 1.29 is 4.79 Å². The van der Waals surface area contributed by atoms with Gasteiger partial charge >= 0.3 is 0 Å². The van der Waals surface area contributed by atoms with E-state index in [1.807, 2.05) is 24.3 Å². The molecular weight excluding hydrogens is 270 g/mol. The number of nitrogens with two attached hydrogens (primary N) is 1. The maximum atomic E-state index is 11.3. The summed E-state index contributed by atoms with van der Waals surface area (Å²) >= 11 is 0. The summed E-state index contributed by atoms with van der Waals surface area (Å²) in [7, 11) is 0. The maximum absolute atomic E-state index is 11.3. The van der Waals surface area contributed by atoms with Crippen LogP contribution in [0.2, 0.25) is 0 Å². The molecule has 0 bridgehead atoms. The maximum Gasteiger partial charge on any atom is 0.159 e. The molecule has 0 aliphatic heterocycles. The second-order valence-electron chi connectivity index (χ2n) is 5.86. The molecule has 1 unspecified atom stereocenters. The predicted octanol–water partition coefficient (Wildman–Crippen LogP) is 5.14. The lowest BCUT2D eigenvalue weighted by Gasteiger charge is -2.12. The molecule has 2 nitrogen and oxygen atoms in total. The minimum atomic E-state index is 0.0972. The number of Topliss-reactive ketones (excluding diaryl/α,β-unsaturated/α-hetero) is 1. The van der Waals surface area contributed by atoms with Gasteiger partial charge in [0, 0.05) is 11.6 Å². The molecule has 0 amide bonds. The summed E-state index contributed by atoms with van der Waals surface area (Å²) in [6, 6.07) is 16.3. The number of hydrogen-bond acceptors (Lipinski definition) is 2. The third-order valence-electron chi connectivity index (χ3n) is 4.08. The number of hydrogen-bond donors (Lipinski definition) is 1. The van der Waals surface area contributed by atoms with E-state index in [1.54, 1.807) is 6.92 Å². The van der Waals surface area contributed by atoms with Crippen LogP contribution in [-0.4, -0.2) is 5.78 Å². The van der Waals surface area contributed by atoms with Crippen LogP contribution in [0.25, 0.3) is 11.1 Å². The second-order valence-corrected chi connectivity index (χ2v) is 5.86. The van der Waals surface area contributed by atoms with Gasteiger partial charge < -0.3 is 5.73 Å². The van der Waals surface area contributed by atoms with Crippen LogP contribution in [0, 0.1) is 0 Å². The topological polar surface area (TPSA) is 43.1 Å². The Morgan fingerprint density at radius 3 is 2.00 bits per heavy atom. The van der Waals surface area contributed by atoms with Crippen LogP contribution in [-0.2, 0) is 0 Å².